The summed E-state index contributed by atoms with van der Waals surface area (Å²) in [5.74, 6) is 1.90. The van der Waals surface area contributed by atoms with E-state index in [0.29, 0.717) is 17.7 Å². The molecule has 5 nitrogen and oxygen atoms in total. The molecule has 0 unspecified atom stereocenters. The van der Waals surface area contributed by atoms with Crippen molar-refractivity contribution < 1.29 is 19.1 Å². The van der Waals surface area contributed by atoms with Gasteiger partial charge in [-0.1, -0.05) is 5.92 Å². The molecule has 25 heavy (non-hydrogen) atoms. The van der Waals surface area contributed by atoms with Crippen molar-refractivity contribution in [2.24, 2.45) is 0 Å². The number of hydrogen-bond acceptors (Lipinski definition) is 5. The van der Waals surface area contributed by atoms with Crippen LogP contribution in [0.5, 0.6) is 0 Å². The normalized spacial score (nSPS) is 11.0. The Morgan fingerprint density at radius 3 is 2.20 bits per heavy atom. The molecule has 0 saturated carbocycles. The summed E-state index contributed by atoms with van der Waals surface area (Å²) in [7, 11) is 1.34. The van der Waals surface area contributed by atoms with Gasteiger partial charge in [-0.2, -0.15) is 0 Å². The van der Waals surface area contributed by atoms with Crippen LogP contribution in [-0.4, -0.2) is 31.2 Å². The number of carbonyl (C=O) groups excluding carboxylic acids is 2. The van der Waals surface area contributed by atoms with Crippen LogP contribution in [0.2, 0.25) is 0 Å². The minimum Gasteiger partial charge on any atom is -0.465 e. The van der Waals surface area contributed by atoms with Gasteiger partial charge in [0.05, 0.1) is 19.2 Å². The third-order valence-corrected chi connectivity index (χ3v) is 3.93. The first-order valence-corrected chi connectivity index (χ1v) is 8.13. The summed E-state index contributed by atoms with van der Waals surface area (Å²) < 4.78 is 10.2. The lowest BCUT2D eigenvalue weighted by molar-refractivity contribution is -0.153. The van der Waals surface area contributed by atoms with Gasteiger partial charge in [-0.15, -0.1) is 6.42 Å². The van der Waals surface area contributed by atoms with Crippen LogP contribution in [0.25, 0.3) is 0 Å². The van der Waals surface area contributed by atoms with E-state index < -0.39 is 11.6 Å². The van der Waals surface area contributed by atoms with Gasteiger partial charge in [0.2, 0.25) is 0 Å². The van der Waals surface area contributed by atoms with Crippen molar-refractivity contribution in [2.75, 3.05) is 13.7 Å². The maximum atomic E-state index is 12.1. The first-order valence-electron chi connectivity index (χ1n) is 8.13. The lowest BCUT2D eigenvalue weighted by Gasteiger charge is -2.21. The summed E-state index contributed by atoms with van der Waals surface area (Å²) in [5.41, 5.74) is 3.99. The minimum atomic E-state index is -0.525. The first-order chi connectivity index (χ1) is 11.5. The van der Waals surface area contributed by atoms with E-state index in [2.05, 4.69) is 11.2 Å². The highest BCUT2D eigenvalue weighted by molar-refractivity contribution is 5.94. The van der Waals surface area contributed by atoms with Crippen molar-refractivity contribution >= 4 is 11.9 Å². The molecule has 1 N–H and O–H groups in total. The van der Waals surface area contributed by atoms with Crippen LogP contribution in [0, 0.1) is 33.1 Å². The Kier molecular flexibility index (Phi) is 6.78. The van der Waals surface area contributed by atoms with Gasteiger partial charge in [0.1, 0.15) is 5.60 Å². The maximum Gasteiger partial charge on any atom is 0.338 e. The van der Waals surface area contributed by atoms with Crippen molar-refractivity contribution in [1.29, 1.82) is 0 Å². The van der Waals surface area contributed by atoms with E-state index in [-0.39, 0.29) is 12.5 Å². The van der Waals surface area contributed by atoms with Crippen LogP contribution in [-0.2, 0) is 20.8 Å². The lowest BCUT2D eigenvalue weighted by atomic mass is 9.88. The second-order valence-electron chi connectivity index (χ2n) is 6.93. The van der Waals surface area contributed by atoms with E-state index in [4.69, 9.17) is 15.9 Å². The van der Waals surface area contributed by atoms with Crippen molar-refractivity contribution in [1.82, 2.24) is 5.32 Å². The van der Waals surface area contributed by atoms with Gasteiger partial charge in [0.25, 0.3) is 0 Å². The number of hydrogen-bond donors (Lipinski definition) is 1. The molecule has 0 atom stereocenters. The Morgan fingerprint density at radius 1 is 1.12 bits per heavy atom. The predicted octanol–water partition coefficient (Wildman–Crippen LogP) is 2.81. The fourth-order valence-electron chi connectivity index (χ4n) is 2.83. The average Bonchev–Trinajstić information content (AvgIpc) is 2.49. The summed E-state index contributed by atoms with van der Waals surface area (Å²) in [5, 5.41) is 3.07. The predicted molar refractivity (Wildman–Crippen MR) is 97.5 cm³/mol. The van der Waals surface area contributed by atoms with Crippen LogP contribution >= 0.6 is 0 Å². The summed E-state index contributed by atoms with van der Waals surface area (Å²) in [6, 6.07) is 0. The third kappa shape index (κ3) is 5.07. The van der Waals surface area contributed by atoms with Gasteiger partial charge in [0.15, 0.2) is 0 Å². The van der Waals surface area contributed by atoms with E-state index in [1.165, 1.54) is 7.11 Å². The number of benzene rings is 1. The molecule has 1 aromatic carbocycles. The Balaban J connectivity index is 3.10. The number of terminal acetylenes is 1. The second-order valence-corrected chi connectivity index (χ2v) is 6.93. The molecule has 1 aromatic rings. The van der Waals surface area contributed by atoms with Crippen LogP contribution in [0.3, 0.4) is 0 Å². The standard InChI is InChI=1S/C20H27NO4/c1-9-15-12(2)16(10-21-11-17(22)25-20(5,6)7)14(4)18(13(15)3)19(23)24-8/h1,21H,10-11H2,2-8H3. The van der Waals surface area contributed by atoms with Crippen LogP contribution in [0.4, 0.5) is 0 Å². The van der Waals surface area contributed by atoms with Gasteiger partial charge < -0.3 is 14.8 Å². The highest BCUT2D eigenvalue weighted by Gasteiger charge is 2.22. The Bertz CT molecular complexity index is 721. The molecule has 0 spiro atoms. The second kappa shape index (κ2) is 8.17. The average molecular weight is 345 g/mol. The van der Waals surface area contributed by atoms with Crippen molar-refractivity contribution in [3.05, 3.63) is 33.4 Å². The zero-order chi connectivity index (χ0) is 19.4. The molecule has 0 aliphatic rings. The third-order valence-electron chi connectivity index (χ3n) is 3.93. The van der Waals surface area contributed by atoms with Crippen LogP contribution in [0.15, 0.2) is 0 Å². The van der Waals surface area contributed by atoms with Crippen molar-refractivity contribution in [3.63, 3.8) is 0 Å². The van der Waals surface area contributed by atoms with E-state index in [0.717, 1.165) is 22.3 Å². The Labute approximate surface area is 150 Å². The van der Waals surface area contributed by atoms with Crippen LogP contribution < -0.4 is 5.32 Å². The molecule has 0 amide bonds. The van der Waals surface area contributed by atoms with Gasteiger partial charge in [0, 0.05) is 12.1 Å². The molecule has 1 rings (SSSR count). The van der Waals surface area contributed by atoms with E-state index >= 15 is 0 Å². The minimum absolute atomic E-state index is 0.0724. The number of methoxy groups -OCH3 is 1. The first kappa shape index (κ1) is 20.7. The van der Waals surface area contributed by atoms with Gasteiger partial charge >= 0.3 is 11.9 Å². The number of carbonyl (C=O) groups is 2. The molecule has 0 aromatic heterocycles. The quantitative estimate of drug-likeness (QED) is 0.657. The molecule has 0 aliphatic carbocycles. The fourth-order valence-corrected chi connectivity index (χ4v) is 2.83. The molecular weight excluding hydrogens is 318 g/mol. The topological polar surface area (TPSA) is 64.6 Å². The highest BCUT2D eigenvalue weighted by atomic mass is 16.6. The molecule has 136 valence electrons. The molecule has 0 radical (unpaired) electrons. The molecular formula is C20H27NO4. The largest absolute Gasteiger partial charge is 0.465 e. The van der Waals surface area contributed by atoms with Gasteiger partial charge in [-0.05, 0) is 63.8 Å². The SMILES string of the molecule is C#Cc1c(C)c(CNCC(=O)OC(C)(C)C)c(C)c(C(=O)OC)c1C. The lowest BCUT2D eigenvalue weighted by Crippen LogP contribution is -2.31. The number of rotatable bonds is 5. The maximum absolute atomic E-state index is 12.1. The van der Waals surface area contributed by atoms with E-state index in [1.807, 2.05) is 41.5 Å². The van der Waals surface area contributed by atoms with Crippen molar-refractivity contribution in [2.45, 2.75) is 53.7 Å². The molecule has 0 fully saturated rings. The monoisotopic (exact) mass is 345 g/mol. The molecule has 5 heteroatoms. The number of esters is 2. The van der Waals surface area contributed by atoms with E-state index in [1.54, 1.807) is 0 Å². The van der Waals surface area contributed by atoms with Crippen molar-refractivity contribution in [3.8, 4) is 12.3 Å². The zero-order valence-electron chi connectivity index (χ0n) is 16.1. The van der Waals surface area contributed by atoms with Gasteiger partial charge in [-0.3, -0.25) is 4.79 Å². The fraction of sp³-hybridized carbons (Fsp3) is 0.500. The van der Waals surface area contributed by atoms with Gasteiger partial charge in [-0.25, -0.2) is 4.79 Å². The Morgan fingerprint density at radius 2 is 1.72 bits per heavy atom. The number of nitrogens with one attached hydrogen (secondary N) is 1. The molecule has 0 bridgehead atoms. The zero-order valence-corrected chi connectivity index (χ0v) is 16.1. The number of ether oxygens (including phenoxy) is 2. The Hall–Kier alpha value is -2.32. The summed E-state index contributed by atoms with van der Waals surface area (Å²) in [6.45, 7) is 11.5. The molecule has 0 saturated heterocycles. The molecule has 0 heterocycles. The van der Waals surface area contributed by atoms with Crippen LogP contribution in [0.1, 0.15) is 58.9 Å². The molecule has 0 aliphatic heterocycles. The summed E-state index contributed by atoms with van der Waals surface area (Å²) in [6.07, 6.45) is 5.63. The highest BCUT2D eigenvalue weighted by Crippen LogP contribution is 2.27. The van der Waals surface area contributed by atoms with E-state index in [9.17, 15) is 9.59 Å². The summed E-state index contributed by atoms with van der Waals surface area (Å²) in [4.78, 5) is 24.0. The smallest absolute Gasteiger partial charge is 0.338 e. The summed E-state index contributed by atoms with van der Waals surface area (Å²) >= 11 is 0.